The smallest absolute Gasteiger partial charge is 0.405 e. The van der Waals surface area contributed by atoms with Crippen LogP contribution in [0.4, 0.5) is 4.79 Å². The summed E-state index contributed by atoms with van der Waals surface area (Å²) >= 11 is 0. The molecule has 1 aromatic heterocycles. The van der Waals surface area contributed by atoms with E-state index in [1.165, 1.54) is 31.4 Å². The third-order valence-electron chi connectivity index (χ3n) is 8.49. The van der Waals surface area contributed by atoms with Gasteiger partial charge in [0.05, 0.1) is 24.3 Å². The number of aromatic nitrogens is 1. The van der Waals surface area contributed by atoms with Crippen LogP contribution in [0.3, 0.4) is 0 Å². The number of aromatic amines is 1. The Morgan fingerprint density at radius 1 is 0.953 bits per heavy atom. The van der Waals surface area contributed by atoms with Crippen molar-refractivity contribution in [2.24, 2.45) is 5.92 Å². The number of benzene rings is 2. The molecule has 0 spiro atoms. The van der Waals surface area contributed by atoms with Gasteiger partial charge in [-0.2, -0.15) is 0 Å². The number of unbranched alkanes of at least 4 members (excludes halogenated alkanes) is 6. The Bertz CT molecular complexity index is 1350. The predicted octanol–water partition coefficient (Wildman–Crippen LogP) is 6.56. The van der Waals surface area contributed by atoms with Crippen molar-refractivity contribution in [2.45, 2.75) is 89.2 Å². The number of fused-ring (bicyclic) bond motifs is 1. The number of ether oxygens (including phenoxy) is 1. The second-order valence-electron chi connectivity index (χ2n) is 11.7. The zero-order valence-electron chi connectivity index (χ0n) is 25.0. The zero-order valence-corrected chi connectivity index (χ0v) is 25.0. The van der Waals surface area contributed by atoms with Crippen LogP contribution in [0.5, 0.6) is 11.5 Å². The van der Waals surface area contributed by atoms with Crippen LogP contribution < -0.4 is 20.9 Å². The Morgan fingerprint density at radius 3 is 2.47 bits per heavy atom. The zero-order chi connectivity index (χ0) is 30.4. The minimum Gasteiger partial charge on any atom is -0.506 e. The number of H-pyrrole nitrogens is 1. The maximum atomic E-state index is 11.6. The molecule has 9 heteroatoms. The van der Waals surface area contributed by atoms with E-state index in [1.807, 2.05) is 24.3 Å². The molecule has 1 amide bonds. The Kier molecular flexibility index (Phi) is 12.7. The number of rotatable bonds is 17. The minimum atomic E-state index is -0.975. The van der Waals surface area contributed by atoms with Crippen molar-refractivity contribution in [1.82, 2.24) is 15.6 Å². The van der Waals surface area contributed by atoms with Crippen LogP contribution in [0, 0.1) is 5.92 Å². The van der Waals surface area contributed by atoms with E-state index in [1.54, 1.807) is 12.1 Å². The third-order valence-corrected chi connectivity index (χ3v) is 8.49. The summed E-state index contributed by atoms with van der Waals surface area (Å²) in [6, 6.07) is 13.9. The van der Waals surface area contributed by atoms with Gasteiger partial charge in [0, 0.05) is 18.0 Å². The first-order valence-corrected chi connectivity index (χ1v) is 15.9. The fourth-order valence-corrected chi connectivity index (χ4v) is 6.20. The molecule has 1 aliphatic carbocycles. The number of carbonyl (C=O) groups is 1. The quantitative estimate of drug-likeness (QED) is 0.0973. The second-order valence-corrected chi connectivity index (χ2v) is 11.7. The van der Waals surface area contributed by atoms with Gasteiger partial charge in [0.1, 0.15) is 11.5 Å². The van der Waals surface area contributed by atoms with E-state index < -0.39 is 12.2 Å². The molecule has 2 atom stereocenters. The Hall–Kier alpha value is -3.56. The molecule has 0 saturated heterocycles. The Labute approximate surface area is 253 Å². The maximum Gasteiger partial charge on any atom is 0.405 e. The van der Waals surface area contributed by atoms with Gasteiger partial charge in [-0.15, -0.1) is 0 Å². The van der Waals surface area contributed by atoms with Crippen molar-refractivity contribution in [3.8, 4) is 11.5 Å². The van der Waals surface area contributed by atoms with Crippen molar-refractivity contribution in [3.05, 3.63) is 70.0 Å². The lowest BCUT2D eigenvalue weighted by Gasteiger charge is -2.30. The number of aromatic hydroxyl groups is 1. The molecule has 4 rings (SSSR count). The highest BCUT2D eigenvalue weighted by atomic mass is 16.5. The molecule has 43 heavy (non-hydrogen) atoms. The topological polar surface area (TPSA) is 144 Å². The summed E-state index contributed by atoms with van der Waals surface area (Å²) in [5, 5.41) is 36.8. The van der Waals surface area contributed by atoms with Crippen molar-refractivity contribution < 1.29 is 24.9 Å². The van der Waals surface area contributed by atoms with Crippen molar-refractivity contribution in [3.63, 3.8) is 0 Å². The number of aliphatic hydroxyl groups is 1. The number of phenols is 1. The number of phenolic OH excluding ortho intramolecular Hbond substituents is 1. The molecule has 2 aromatic carbocycles. The summed E-state index contributed by atoms with van der Waals surface area (Å²) in [7, 11) is 0. The monoisotopic (exact) mass is 593 g/mol. The van der Waals surface area contributed by atoms with E-state index in [0.29, 0.717) is 35.5 Å². The number of nitrogens with one attached hydrogen (secondary N) is 3. The first-order chi connectivity index (χ1) is 20.9. The lowest BCUT2D eigenvalue weighted by Crippen LogP contribution is -2.33. The molecule has 1 heterocycles. The average Bonchev–Trinajstić information content (AvgIpc) is 3.01. The average molecular weight is 594 g/mol. The molecule has 1 unspecified atom stereocenters. The number of hydrogen-bond donors (Lipinski definition) is 6. The fourth-order valence-electron chi connectivity index (χ4n) is 6.20. The normalized spacial score (nSPS) is 15.3. The van der Waals surface area contributed by atoms with Gasteiger partial charge < -0.3 is 35.7 Å². The van der Waals surface area contributed by atoms with Gasteiger partial charge in [0.15, 0.2) is 0 Å². The number of amides is 1. The maximum absolute atomic E-state index is 11.6. The van der Waals surface area contributed by atoms with E-state index in [9.17, 15) is 24.9 Å². The molecule has 0 aliphatic heterocycles. The standard InChI is InChI=1S/C34H47N3O6/c38-29-18-16-27(28-17-19-31(40)36-33(28)29)30(39)23-35-20-9-4-2-1-3-5-10-21-43-26-15-11-14-25(22-26)32(37-34(41)42)24-12-7-6-8-13-24/h11,14-19,22,24,30,32,35,37-39H,1-10,12-13,20-21,23H2,(H,36,40)(H,41,42)/t30-,32?/m1/s1. The summed E-state index contributed by atoms with van der Waals surface area (Å²) in [5.74, 6) is 1.13. The van der Waals surface area contributed by atoms with Crippen LogP contribution in [0.2, 0.25) is 0 Å². The first kappa shape index (κ1) is 32.4. The lowest BCUT2D eigenvalue weighted by molar-refractivity contribution is 0.176. The third kappa shape index (κ3) is 10.0. The van der Waals surface area contributed by atoms with Crippen LogP contribution in [0.1, 0.15) is 100 Å². The Balaban J connectivity index is 1.06. The molecule has 234 valence electrons. The molecule has 6 N–H and O–H groups in total. The van der Waals surface area contributed by atoms with Crippen LogP contribution in [-0.2, 0) is 0 Å². The highest BCUT2D eigenvalue weighted by Gasteiger charge is 2.26. The van der Waals surface area contributed by atoms with Crippen molar-refractivity contribution >= 4 is 17.0 Å². The highest BCUT2D eigenvalue weighted by molar-refractivity contribution is 5.87. The summed E-state index contributed by atoms with van der Waals surface area (Å²) < 4.78 is 6.02. The summed E-state index contributed by atoms with van der Waals surface area (Å²) in [5.41, 5.74) is 1.71. The van der Waals surface area contributed by atoms with Gasteiger partial charge in [-0.1, -0.05) is 69.6 Å². The molecular weight excluding hydrogens is 546 g/mol. The SMILES string of the molecule is O=C(O)NC(c1cccc(OCCCCCCCCCNC[C@@H](O)c2ccc(O)c3[nH]c(=O)ccc23)c1)C1CCCCC1. The van der Waals surface area contributed by atoms with Crippen LogP contribution in [0.25, 0.3) is 10.9 Å². The molecule has 0 radical (unpaired) electrons. The van der Waals surface area contributed by atoms with E-state index >= 15 is 0 Å². The van der Waals surface area contributed by atoms with Gasteiger partial charge in [0.2, 0.25) is 5.56 Å². The van der Waals surface area contributed by atoms with E-state index in [0.717, 1.165) is 75.6 Å². The number of carboxylic acid groups (broad SMARTS) is 1. The number of hydrogen-bond acceptors (Lipinski definition) is 6. The van der Waals surface area contributed by atoms with Crippen LogP contribution in [0.15, 0.2) is 53.3 Å². The van der Waals surface area contributed by atoms with Crippen LogP contribution >= 0.6 is 0 Å². The van der Waals surface area contributed by atoms with Crippen LogP contribution in [-0.4, -0.2) is 46.1 Å². The van der Waals surface area contributed by atoms with Crippen molar-refractivity contribution in [2.75, 3.05) is 19.7 Å². The van der Waals surface area contributed by atoms with E-state index in [-0.39, 0.29) is 17.4 Å². The van der Waals surface area contributed by atoms with E-state index in [4.69, 9.17) is 4.74 Å². The largest absolute Gasteiger partial charge is 0.506 e. The van der Waals surface area contributed by atoms with E-state index in [2.05, 4.69) is 15.6 Å². The molecule has 0 bridgehead atoms. The predicted molar refractivity (Wildman–Crippen MR) is 169 cm³/mol. The van der Waals surface area contributed by atoms with Gasteiger partial charge in [0.25, 0.3) is 0 Å². The Morgan fingerprint density at radius 2 is 1.70 bits per heavy atom. The molecule has 1 saturated carbocycles. The summed E-state index contributed by atoms with van der Waals surface area (Å²) in [4.78, 5) is 25.7. The van der Waals surface area contributed by atoms with Gasteiger partial charge in [-0.3, -0.25) is 4.79 Å². The van der Waals surface area contributed by atoms with Gasteiger partial charge in [-0.05, 0) is 73.5 Å². The number of aliphatic hydroxyl groups excluding tert-OH is 1. The molecule has 1 fully saturated rings. The second kappa shape index (κ2) is 16.9. The summed E-state index contributed by atoms with van der Waals surface area (Å²) in [6.45, 7) is 1.88. The molecule has 1 aliphatic rings. The molecule has 3 aromatic rings. The lowest BCUT2D eigenvalue weighted by atomic mass is 9.81. The van der Waals surface area contributed by atoms with Gasteiger partial charge in [-0.25, -0.2) is 4.79 Å². The van der Waals surface area contributed by atoms with Crippen molar-refractivity contribution in [1.29, 1.82) is 0 Å². The number of pyridine rings is 1. The summed E-state index contributed by atoms with van der Waals surface area (Å²) in [6.07, 6.45) is 11.7. The highest BCUT2D eigenvalue weighted by Crippen LogP contribution is 2.35. The fraction of sp³-hybridized carbons (Fsp3) is 0.529. The minimum absolute atomic E-state index is 0.00982. The first-order valence-electron chi connectivity index (χ1n) is 15.9. The molecule has 9 nitrogen and oxygen atoms in total. The molecular formula is C34H47N3O6. The van der Waals surface area contributed by atoms with Gasteiger partial charge >= 0.3 is 6.09 Å².